The summed E-state index contributed by atoms with van der Waals surface area (Å²) in [5, 5.41) is 3.37. The average Bonchev–Trinajstić information content (AvgIpc) is 3.22. The molecule has 9 heteroatoms. The smallest absolute Gasteiger partial charge is 0.329 e. The van der Waals surface area contributed by atoms with Crippen LogP contribution in [0.2, 0.25) is 0 Å². The molecule has 0 saturated carbocycles. The molecule has 3 aromatic heterocycles. The van der Waals surface area contributed by atoms with Gasteiger partial charge in [-0.15, -0.1) is 0 Å². The number of allylic oxidation sites excluding steroid dienone is 3. The van der Waals surface area contributed by atoms with Gasteiger partial charge in [0.05, 0.1) is 5.70 Å². The number of aromatic nitrogens is 4. The van der Waals surface area contributed by atoms with Crippen LogP contribution in [0.15, 0.2) is 52.3 Å². The van der Waals surface area contributed by atoms with Crippen molar-refractivity contribution in [2.45, 2.75) is 13.1 Å². The third-order valence-corrected chi connectivity index (χ3v) is 3.33. The molecule has 3 rings (SSSR count). The molecule has 0 saturated heterocycles. The molecule has 0 bridgehead atoms. The average molecular weight is 347 g/mol. The van der Waals surface area contributed by atoms with E-state index in [4.69, 9.17) is 0 Å². The van der Waals surface area contributed by atoms with Crippen LogP contribution in [0.3, 0.4) is 0 Å². The summed E-state index contributed by atoms with van der Waals surface area (Å²) in [6.45, 7) is 5.13. The molecule has 0 aliphatic rings. The summed E-state index contributed by atoms with van der Waals surface area (Å²) in [4.78, 5) is 11.7. The van der Waals surface area contributed by atoms with Gasteiger partial charge in [-0.3, -0.25) is 4.99 Å². The number of hydrogen-bond donors (Lipinski definition) is 0. The number of aliphatic imine (C=N–C) groups is 1. The minimum atomic E-state index is -4.70. The first-order valence-corrected chi connectivity index (χ1v) is 7.12. The third-order valence-electron chi connectivity index (χ3n) is 3.33. The minimum absolute atomic E-state index is 0.195. The Hall–Kier alpha value is -3.23. The van der Waals surface area contributed by atoms with Gasteiger partial charge in [0.15, 0.2) is 0 Å². The number of halogens is 3. The zero-order chi connectivity index (χ0) is 18.0. The largest absolute Gasteiger partial charge is 0.471 e. The maximum absolute atomic E-state index is 12.6. The quantitative estimate of drug-likeness (QED) is 0.530. The summed E-state index contributed by atoms with van der Waals surface area (Å²) < 4.78 is 43.9. The van der Waals surface area contributed by atoms with Gasteiger partial charge in [0, 0.05) is 18.0 Å². The van der Waals surface area contributed by atoms with Crippen LogP contribution < -0.4 is 0 Å². The highest BCUT2D eigenvalue weighted by atomic mass is 19.4. The monoisotopic (exact) mass is 347 g/mol. The van der Waals surface area contributed by atoms with Gasteiger partial charge in [-0.2, -0.15) is 18.2 Å². The number of fused-ring (bicyclic) bond motifs is 1. The Morgan fingerprint density at radius 1 is 1.32 bits per heavy atom. The lowest BCUT2D eigenvalue weighted by Crippen LogP contribution is -2.05. The number of imidazole rings is 1. The minimum Gasteiger partial charge on any atom is -0.329 e. The fourth-order valence-electron chi connectivity index (χ4n) is 2.14. The molecule has 128 valence electrons. The van der Waals surface area contributed by atoms with Gasteiger partial charge in [-0.05, 0) is 31.9 Å². The van der Waals surface area contributed by atoms with E-state index in [0.29, 0.717) is 22.6 Å². The first-order valence-electron chi connectivity index (χ1n) is 7.12. The van der Waals surface area contributed by atoms with Crippen LogP contribution in [-0.4, -0.2) is 26.2 Å². The number of nitrogens with zero attached hydrogens (tertiary/aromatic N) is 5. The molecular weight excluding hydrogens is 335 g/mol. The van der Waals surface area contributed by atoms with Gasteiger partial charge in [0.25, 0.3) is 0 Å². The Labute approximate surface area is 140 Å². The second-order valence-electron chi connectivity index (χ2n) is 4.94. The Morgan fingerprint density at radius 3 is 2.72 bits per heavy atom. The normalized spacial score (nSPS) is 13.4. The van der Waals surface area contributed by atoms with Crippen molar-refractivity contribution in [2.24, 2.45) is 4.99 Å². The fourth-order valence-corrected chi connectivity index (χ4v) is 2.14. The fraction of sp³-hybridized carbons (Fsp3) is 0.125. The molecule has 0 N–H and O–H groups in total. The van der Waals surface area contributed by atoms with E-state index in [1.54, 1.807) is 23.6 Å². The van der Waals surface area contributed by atoms with E-state index in [1.165, 1.54) is 6.08 Å². The van der Waals surface area contributed by atoms with Crippen molar-refractivity contribution in [1.29, 1.82) is 0 Å². The highest BCUT2D eigenvalue weighted by Gasteiger charge is 2.38. The van der Waals surface area contributed by atoms with Gasteiger partial charge in [-0.1, -0.05) is 17.3 Å². The summed E-state index contributed by atoms with van der Waals surface area (Å²) in [5.41, 5.74) is 1.89. The third kappa shape index (κ3) is 3.35. The number of alkyl halides is 3. The van der Waals surface area contributed by atoms with Crippen LogP contribution in [-0.2, 0) is 6.18 Å². The molecule has 0 spiro atoms. The zero-order valence-corrected chi connectivity index (χ0v) is 13.0. The lowest BCUT2D eigenvalue weighted by Gasteiger charge is -1.99. The lowest BCUT2D eigenvalue weighted by atomic mass is 10.2. The number of hydrogen-bond acceptors (Lipinski definition) is 5. The Balaban J connectivity index is 1.99. The molecule has 0 aliphatic heterocycles. The first kappa shape index (κ1) is 16.6. The van der Waals surface area contributed by atoms with E-state index >= 15 is 0 Å². The molecule has 3 heterocycles. The molecule has 0 aromatic carbocycles. The molecule has 25 heavy (non-hydrogen) atoms. The summed E-state index contributed by atoms with van der Waals surface area (Å²) in [7, 11) is 0. The van der Waals surface area contributed by atoms with Crippen LogP contribution in [0.5, 0.6) is 0 Å². The van der Waals surface area contributed by atoms with Crippen LogP contribution in [0.1, 0.15) is 24.3 Å². The summed E-state index contributed by atoms with van der Waals surface area (Å²) >= 11 is 0. The highest BCUT2D eigenvalue weighted by molar-refractivity contribution is 5.81. The second-order valence-corrected chi connectivity index (χ2v) is 4.94. The van der Waals surface area contributed by atoms with Crippen molar-refractivity contribution in [1.82, 2.24) is 19.5 Å². The van der Waals surface area contributed by atoms with Crippen molar-refractivity contribution in [3.63, 3.8) is 0 Å². The highest BCUT2D eigenvalue weighted by Crippen LogP contribution is 2.29. The Morgan fingerprint density at radius 2 is 2.12 bits per heavy atom. The molecule has 0 radical (unpaired) electrons. The van der Waals surface area contributed by atoms with Gasteiger partial charge < -0.3 is 8.92 Å². The van der Waals surface area contributed by atoms with Crippen molar-refractivity contribution in [2.75, 3.05) is 0 Å². The van der Waals surface area contributed by atoms with E-state index in [1.807, 2.05) is 24.4 Å². The molecule has 0 amide bonds. The zero-order valence-electron chi connectivity index (χ0n) is 13.0. The predicted octanol–water partition coefficient (Wildman–Crippen LogP) is 3.88. The molecular formula is C16H12F3N5O. The van der Waals surface area contributed by atoms with Crippen molar-refractivity contribution in [3.8, 4) is 0 Å². The second kappa shape index (κ2) is 6.34. The topological polar surface area (TPSA) is 68.6 Å². The summed E-state index contributed by atoms with van der Waals surface area (Å²) in [6.07, 6.45) is 1.90. The molecule has 0 unspecified atom stereocenters. The van der Waals surface area contributed by atoms with E-state index < -0.39 is 12.1 Å². The summed E-state index contributed by atoms with van der Waals surface area (Å²) in [6, 6.07) is 5.50. The van der Waals surface area contributed by atoms with Crippen LogP contribution >= 0.6 is 0 Å². The first-order chi connectivity index (χ1) is 11.9. The van der Waals surface area contributed by atoms with Gasteiger partial charge in [0.2, 0.25) is 5.82 Å². The maximum atomic E-state index is 12.6. The molecule has 0 aliphatic carbocycles. The standard InChI is InChI=1S/C16H12F3N5O/c1-3-10(14-22-15(25-23-14)16(17,18)19)8-11(20-2)12-9-24-7-5-4-6-13(24)21-12/h3-9H,2H2,1H3/b10-3+,11-8-. The summed E-state index contributed by atoms with van der Waals surface area (Å²) in [5.74, 6) is -1.60. The van der Waals surface area contributed by atoms with E-state index in [2.05, 4.69) is 31.4 Å². The van der Waals surface area contributed by atoms with Gasteiger partial charge in [-0.25, -0.2) is 4.98 Å². The number of rotatable bonds is 4. The van der Waals surface area contributed by atoms with Gasteiger partial charge >= 0.3 is 12.1 Å². The maximum Gasteiger partial charge on any atom is 0.471 e. The van der Waals surface area contributed by atoms with Gasteiger partial charge in [0.1, 0.15) is 11.3 Å². The van der Waals surface area contributed by atoms with E-state index in [-0.39, 0.29) is 5.82 Å². The lowest BCUT2D eigenvalue weighted by molar-refractivity contribution is -0.159. The van der Waals surface area contributed by atoms with Crippen molar-refractivity contribution in [3.05, 3.63) is 60.2 Å². The van der Waals surface area contributed by atoms with Crippen LogP contribution in [0, 0.1) is 0 Å². The van der Waals surface area contributed by atoms with E-state index in [9.17, 15) is 13.2 Å². The van der Waals surface area contributed by atoms with Crippen molar-refractivity contribution >= 4 is 23.6 Å². The molecule has 6 nitrogen and oxygen atoms in total. The molecule has 3 aromatic rings. The van der Waals surface area contributed by atoms with Crippen LogP contribution in [0.25, 0.3) is 16.9 Å². The van der Waals surface area contributed by atoms with Crippen LogP contribution in [0.4, 0.5) is 13.2 Å². The SMILES string of the molecule is C=N/C(=C\C(=C/C)c1noc(C(F)(F)F)n1)c1cn2ccccc2n1. The Bertz CT molecular complexity index is 948. The Kier molecular flexibility index (Phi) is 4.22. The molecule has 0 atom stereocenters. The predicted molar refractivity (Wildman–Crippen MR) is 85.7 cm³/mol. The number of pyridine rings is 1. The van der Waals surface area contributed by atoms with Crippen molar-refractivity contribution < 1.29 is 17.7 Å². The molecule has 0 fully saturated rings. The van der Waals surface area contributed by atoms with E-state index in [0.717, 1.165) is 0 Å².